The molecule has 116 valence electrons. The summed E-state index contributed by atoms with van der Waals surface area (Å²) in [5, 5.41) is 0. The number of benzene rings is 2. The first-order chi connectivity index (χ1) is 10.5. The number of para-hydroxylation sites is 2. The van der Waals surface area contributed by atoms with E-state index in [-0.39, 0.29) is 3.71 Å². The maximum atomic E-state index is 12.5. The van der Waals surface area contributed by atoms with Crippen LogP contribution in [-0.4, -0.2) is 27.3 Å². The highest BCUT2D eigenvalue weighted by molar-refractivity contribution is 7.93. The van der Waals surface area contributed by atoms with Gasteiger partial charge >= 0.3 is 6.03 Å². The monoisotopic (exact) mass is 340 g/mol. The largest absolute Gasteiger partial charge is 0.356 e. The van der Waals surface area contributed by atoms with Crippen molar-refractivity contribution in [2.24, 2.45) is 0 Å². The second-order valence-electron chi connectivity index (χ2n) is 4.01. The van der Waals surface area contributed by atoms with Gasteiger partial charge in [-0.2, -0.15) is 0 Å². The van der Waals surface area contributed by atoms with Gasteiger partial charge in [-0.3, -0.25) is 14.0 Å². The Morgan fingerprint density at radius 3 is 1.45 bits per heavy atom. The number of urea groups is 1. The van der Waals surface area contributed by atoms with Crippen LogP contribution in [0.2, 0.25) is 0 Å². The highest BCUT2D eigenvalue weighted by Crippen LogP contribution is 2.27. The summed E-state index contributed by atoms with van der Waals surface area (Å²) < 4.78 is 40.5. The average Bonchev–Trinajstić information content (AvgIpc) is 2.49. The molecule has 0 bridgehead atoms. The van der Waals surface area contributed by atoms with Crippen LogP contribution in [0.25, 0.3) is 0 Å². The Morgan fingerprint density at radius 2 is 1.14 bits per heavy atom. The lowest BCUT2D eigenvalue weighted by molar-refractivity contribution is 0.242. The Labute approximate surface area is 132 Å². The number of amides is 2. The van der Waals surface area contributed by atoms with Crippen LogP contribution in [-0.2, 0) is 22.5 Å². The Bertz CT molecular complexity index is 643. The molecule has 0 fully saturated rings. The summed E-state index contributed by atoms with van der Waals surface area (Å²) in [6, 6.07) is 15.5. The topological polar surface area (TPSA) is 98.2 Å². The molecule has 0 aliphatic rings. The van der Waals surface area contributed by atoms with E-state index in [1.165, 1.54) is 0 Å². The van der Waals surface area contributed by atoms with Crippen LogP contribution in [0, 0.1) is 0 Å². The fraction of sp³-hybridized carbons (Fsp3) is 0. The smallest absolute Gasteiger partial charge is 0.288 e. The van der Waals surface area contributed by atoms with E-state index in [2.05, 4.69) is 0 Å². The molecule has 2 amide bonds. The van der Waals surface area contributed by atoms with Crippen LogP contribution < -0.4 is 4.90 Å². The van der Waals surface area contributed by atoms with Gasteiger partial charge in [0, 0.05) is 0 Å². The van der Waals surface area contributed by atoms with Crippen molar-refractivity contribution < 1.29 is 22.3 Å². The minimum Gasteiger partial charge on any atom is -0.288 e. The minimum absolute atomic E-state index is 0.0417. The fourth-order valence-corrected chi connectivity index (χ4v) is 2.66. The third kappa shape index (κ3) is 3.57. The molecule has 2 rings (SSSR count). The number of anilines is 2. The van der Waals surface area contributed by atoms with E-state index in [0.717, 1.165) is 4.90 Å². The first-order valence-electron chi connectivity index (χ1n) is 5.98. The SMILES string of the molecule is O=C(N(c1ccccc1)c1ccccc1)N(S(=O)O)S(=O)O. The van der Waals surface area contributed by atoms with Crippen molar-refractivity contribution in [1.29, 1.82) is 0 Å². The molecular formula is C13H12N2O5S2. The molecule has 0 aromatic heterocycles. The molecule has 0 spiro atoms. The molecule has 0 aliphatic heterocycles. The average molecular weight is 340 g/mol. The summed E-state index contributed by atoms with van der Waals surface area (Å²) in [5.74, 6) is 0. The molecule has 9 heteroatoms. The molecule has 2 unspecified atom stereocenters. The van der Waals surface area contributed by atoms with Gasteiger partial charge in [-0.1, -0.05) is 36.4 Å². The summed E-state index contributed by atoms with van der Waals surface area (Å²) in [7, 11) is 0. The van der Waals surface area contributed by atoms with E-state index in [1.807, 2.05) is 0 Å². The summed E-state index contributed by atoms with van der Waals surface area (Å²) in [4.78, 5) is 13.5. The van der Waals surface area contributed by atoms with Crippen molar-refractivity contribution in [1.82, 2.24) is 3.71 Å². The van der Waals surface area contributed by atoms with Gasteiger partial charge in [0.2, 0.25) is 0 Å². The number of carbonyl (C=O) groups excluding carboxylic acids is 1. The van der Waals surface area contributed by atoms with Gasteiger partial charge in [-0.05, 0) is 24.3 Å². The van der Waals surface area contributed by atoms with Crippen LogP contribution in [0.1, 0.15) is 0 Å². The predicted molar refractivity (Wildman–Crippen MR) is 83.8 cm³/mol. The standard InChI is InChI=1S/C13H12N2O5S2/c16-13(15(21(17)18)22(19)20)14(11-7-3-1-4-8-11)12-9-5-2-6-10-12/h1-10H,(H,17,18)(H,19,20). The molecule has 7 nitrogen and oxygen atoms in total. The van der Waals surface area contributed by atoms with Gasteiger partial charge in [0.15, 0.2) is 0 Å². The van der Waals surface area contributed by atoms with Gasteiger partial charge in [0.05, 0.1) is 11.4 Å². The van der Waals surface area contributed by atoms with Crippen LogP contribution in [0.3, 0.4) is 0 Å². The molecule has 0 aliphatic carbocycles. The first-order valence-corrected chi connectivity index (χ1v) is 8.11. The van der Waals surface area contributed by atoms with Gasteiger partial charge in [-0.15, -0.1) is 3.71 Å². The molecule has 2 atom stereocenters. The Morgan fingerprint density at radius 1 is 0.773 bits per heavy atom. The number of hydrogen-bond donors (Lipinski definition) is 2. The molecule has 2 N–H and O–H groups in total. The van der Waals surface area contributed by atoms with Crippen molar-refractivity contribution in [3.05, 3.63) is 60.7 Å². The fourth-order valence-electron chi connectivity index (χ4n) is 1.79. The van der Waals surface area contributed by atoms with Crippen molar-refractivity contribution in [2.75, 3.05) is 4.90 Å². The summed E-state index contributed by atoms with van der Waals surface area (Å²) in [5.41, 5.74) is 0.777. The Kier molecular flexibility index (Phi) is 5.39. The third-order valence-corrected chi connectivity index (χ3v) is 4.30. The molecule has 0 saturated heterocycles. The third-order valence-electron chi connectivity index (χ3n) is 2.66. The lowest BCUT2D eigenvalue weighted by Gasteiger charge is -2.26. The minimum atomic E-state index is -2.94. The Balaban J connectivity index is 2.52. The highest BCUT2D eigenvalue weighted by atomic mass is 32.3. The molecule has 0 radical (unpaired) electrons. The van der Waals surface area contributed by atoms with Crippen molar-refractivity contribution in [3.63, 3.8) is 0 Å². The van der Waals surface area contributed by atoms with Crippen LogP contribution >= 0.6 is 0 Å². The number of nitrogens with zero attached hydrogens (tertiary/aromatic N) is 2. The van der Waals surface area contributed by atoms with E-state index >= 15 is 0 Å². The van der Waals surface area contributed by atoms with E-state index < -0.39 is 28.6 Å². The zero-order chi connectivity index (χ0) is 16.1. The summed E-state index contributed by atoms with van der Waals surface area (Å²) in [6.07, 6.45) is 0. The molecular weight excluding hydrogens is 328 g/mol. The Hall–Kier alpha value is -2.07. The van der Waals surface area contributed by atoms with Crippen LogP contribution in [0.4, 0.5) is 16.2 Å². The maximum absolute atomic E-state index is 12.5. The van der Waals surface area contributed by atoms with E-state index in [9.17, 15) is 13.2 Å². The van der Waals surface area contributed by atoms with Gasteiger partial charge in [0.25, 0.3) is 22.5 Å². The summed E-state index contributed by atoms with van der Waals surface area (Å²) in [6.45, 7) is 0. The van der Waals surface area contributed by atoms with Crippen LogP contribution in [0.5, 0.6) is 0 Å². The predicted octanol–water partition coefficient (Wildman–Crippen LogP) is 2.52. The van der Waals surface area contributed by atoms with Crippen molar-refractivity contribution >= 4 is 39.9 Å². The second-order valence-corrected chi connectivity index (χ2v) is 5.89. The van der Waals surface area contributed by atoms with E-state index in [1.54, 1.807) is 60.7 Å². The molecule has 0 saturated carbocycles. The normalized spacial score (nSPS) is 13.2. The first kappa shape index (κ1) is 16.3. The second kappa shape index (κ2) is 7.27. The highest BCUT2D eigenvalue weighted by Gasteiger charge is 2.31. The summed E-state index contributed by atoms with van der Waals surface area (Å²) >= 11 is -5.88. The number of hydrogen-bond acceptors (Lipinski definition) is 3. The van der Waals surface area contributed by atoms with Gasteiger partial charge < -0.3 is 0 Å². The molecule has 0 heterocycles. The van der Waals surface area contributed by atoms with E-state index in [0.29, 0.717) is 11.4 Å². The zero-order valence-electron chi connectivity index (χ0n) is 11.1. The lowest BCUT2D eigenvalue weighted by atomic mass is 10.2. The van der Waals surface area contributed by atoms with Gasteiger partial charge in [0.1, 0.15) is 0 Å². The van der Waals surface area contributed by atoms with Gasteiger partial charge in [-0.25, -0.2) is 13.2 Å². The number of carbonyl (C=O) groups is 1. The maximum Gasteiger partial charge on any atom is 0.356 e. The molecule has 2 aromatic carbocycles. The molecule has 22 heavy (non-hydrogen) atoms. The molecule has 2 aromatic rings. The number of rotatable bonds is 4. The van der Waals surface area contributed by atoms with Crippen LogP contribution in [0.15, 0.2) is 60.7 Å². The zero-order valence-corrected chi connectivity index (χ0v) is 12.7. The lowest BCUT2D eigenvalue weighted by Crippen LogP contribution is -2.42. The van der Waals surface area contributed by atoms with E-state index in [4.69, 9.17) is 9.11 Å². The quantitative estimate of drug-likeness (QED) is 0.833. The van der Waals surface area contributed by atoms with Crippen molar-refractivity contribution in [3.8, 4) is 0 Å². The van der Waals surface area contributed by atoms with Crippen molar-refractivity contribution in [2.45, 2.75) is 0 Å².